The number of urea groups is 1. The standard InChI is InChI=1S/C23H16F3N3O5S/c1-35(34)18-9-12(11-27)5-6-15(18)20-19-16(7-8-17(19)30)28(21(31)29(20)22(32)33)14-4-2-3-13(10-14)23(24,25)26/h2-6,9-10,20H,7-8H2,1H3,(H,32,33). The Morgan fingerprint density at radius 1 is 1.17 bits per heavy atom. The first-order valence-corrected chi connectivity index (χ1v) is 11.7. The first kappa shape index (κ1) is 24.2. The molecule has 0 saturated heterocycles. The van der Waals surface area contributed by atoms with Crippen molar-refractivity contribution in [2.45, 2.75) is 30.0 Å². The first-order valence-electron chi connectivity index (χ1n) is 10.1. The van der Waals surface area contributed by atoms with Gasteiger partial charge in [-0.2, -0.15) is 18.4 Å². The maximum Gasteiger partial charge on any atom is 0.416 e. The van der Waals surface area contributed by atoms with Crippen molar-refractivity contribution in [2.24, 2.45) is 0 Å². The number of carbonyl (C=O) groups is 3. The van der Waals surface area contributed by atoms with Crippen LogP contribution < -0.4 is 4.90 Å². The molecule has 0 fully saturated rings. The number of benzene rings is 2. The van der Waals surface area contributed by atoms with Crippen molar-refractivity contribution in [3.8, 4) is 6.07 Å². The summed E-state index contributed by atoms with van der Waals surface area (Å²) in [6.07, 6.45) is -5.24. The molecule has 2 aliphatic rings. The predicted molar refractivity (Wildman–Crippen MR) is 117 cm³/mol. The number of nitriles is 1. The monoisotopic (exact) mass is 503 g/mol. The highest BCUT2D eigenvalue weighted by molar-refractivity contribution is 7.84. The molecule has 3 amide bonds. The lowest BCUT2D eigenvalue weighted by molar-refractivity contribution is -0.137. The summed E-state index contributed by atoms with van der Waals surface area (Å²) in [5, 5.41) is 19.2. The lowest BCUT2D eigenvalue weighted by atomic mass is 9.92. The maximum absolute atomic E-state index is 13.5. The van der Waals surface area contributed by atoms with Gasteiger partial charge in [-0.3, -0.25) is 13.9 Å². The largest absolute Gasteiger partial charge is 0.465 e. The molecule has 2 unspecified atom stereocenters. The normalized spacial score (nSPS) is 19.0. The Bertz CT molecular complexity index is 1380. The van der Waals surface area contributed by atoms with Crippen molar-refractivity contribution >= 4 is 34.4 Å². The van der Waals surface area contributed by atoms with Gasteiger partial charge in [-0.05, 0) is 42.3 Å². The average molecular weight is 503 g/mol. The molecule has 1 aliphatic carbocycles. The molecule has 1 aliphatic heterocycles. The van der Waals surface area contributed by atoms with Crippen LogP contribution in [-0.4, -0.2) is 38.4 Å². The number of carboxylic acid groups (broad SMARTS) is 1. The Morgan fingerprint density at radius 2 is 1.89 bits per heavy atom. The molecule has 1 N–H and O–H groups in total. The van der Waals surface area contributed by atoms with Gasteiger partial charge in [0.1, 0.15) is 6.04 Å². The van der Waals surface area contributed by atoms with E-state index in [1.807, 2.05) is 6.07 Å². The molecule has 2 aromatic carbocycles. The average Bonchev–Trinajstić information content (AvgIpc) is 3.18. The molecular formula is C23H16F3N3O5S. The predicted octanol–water partition coefficient (Wildman–Crippen LogP) is 4.59. The van der Waals surface area contributed by atoms with Crippen molar-refractivity contribution in [3.63, 3.8) is 0 Å². The zero-order valence-electron chi connectivity index (χ0n) is 18.0. The van der Waals surface area contributed by atoms with Gasteiger partial charge in [0.2, 0.25) is 0 Å². The Labute approximate surface area is 199 Å². The number of imide groups is 1. The molecular weight excluding hydrogens is 487 g/mol. The van der Waals surface area contributed by atoms with E-state index < -0.39 is 46.5 Å². The number of amides is 3. The van der Waals surface area contributed by atoms with Crippen molar-refractivity contribution < 1.29 is 36.9 Å². The van der Waals surface area contributed by atoms with Crippen LogP contribution in [0, 0.1) is 11.3 Å². The van der Waals surface area contributed by atoms with Crippen LogP contribution in [0.3, 0.4) is 0 Å². The second-order valence-corrected chi connectivity index (χ2v) is 9.17. The minimum absolute atomic E-state index is 0.000930. The Balaban J connectivity index is 1.99. The van der Waals surface area contributed by atoms with Gasteiger partial charge in [0.05, 0.1) is 33.7 Å². The molecule has 4 rings (SSSR count). The number of carbonyl (C=O) groups excluding carboxylic acids is 2. The summed E-state index contributed by atoms with van der Waals surface area (Å²) in [7, 11) is -1.72. The van der Waals surface area contributed by atoms with E-state index in [-0.39, 0.29) is 45.8 Å². The van der Waals surface area contributed by atoms with E-state index in [0.29, 0.717) is 11.0 Å². The van der Waals surface area contributed by atoms with Crippen LogP contribution >= 0.6 is 0 Å². The lowest BCUT2D eigenvalue weighted by Gasteiger charge is -2.40. The van der Waals surface area contributed by atoms with E-state index in [1.54, 1.807) is 0 Å². The molecule has 0 bridgehead atoms. The summed E-state index contributed by atoms with van der Waals surface area (Å²) in [6.45, 7) is 0. The Hall–Kier alpha value is -3.98. The summed E-state index contributed by atoms with van der Waals surface area (Å²) in [5.41, 5.74) is -1.07. The van der Waals surface area contributed by atoms with Crippen LogP contribution in [0.15, 0.2) is 58.6 Å². The van der Waals surface area contributed by atoms with Gasteiger partial charge in [0.25, 0.3) is 0 Å². The van der Waals surface area contributed by atoms with Gasteiger partial charge in [-0.25, -0.2) is 14.5 Å². The zero-order chi connectivity index (χ0) is 25.7. The quantitative estimate of drug-likeness (QED) is 0.654. The molecule has 0 spiro atoms. The van der Waals surface area contributed by atoms with E-state index in [0.717, 1.165) is 17.0 Å². The van der Waals surface area contributed by atoms with Gasteiger partial charge >= 0.3 is 18.3 Å². The fraction of sp³-hybridized carbons (Fsp3) is 0.217. The van der Waals surface area contributed by atoms with Gasteiger partial charge < -0.3 is 5.11 Å². The lowest BCUT2D eigenvalue weighted by Crippen LogP contribution is -2.52. The summed E-state index contributed by atoms with van der Waals surface area (Å²) in [5.74, 6) is -0.488. The molecule has 8 nitrogen and oxygen atoms in total. The number of halogens is 3. The van der Waals surface area contributed by atoms with Crippen LogP contribution in [0.2, 0.25) is 0 Å². The Kier molecular flexibility index (Phi) is 5.98. The van der Waals surface area contributed by atoms with Gasteiger partial charge in [0, 0.05) is 28.8 Å². The third-order valence-electron chi connectivity index (χ3n) is 5.78. The molecule has 35 heavy (non-hydrogen) atoms. The molecule has 180 valence electrons. The van der Waals surface area contributed by atoms with Gasteiger partial charge in [-0.1, -0.05) is 12.1 Å². The molecule has 12 heteroatoms. The van der Waals surface area contributed by atoms with E-state index in [2.05, 4.69) is 0 Å². The van der Waals surface area contributed by atoms with Crippen molar-refractivity contribution in [1.82, 2.24) is 4.90 Å². The number of hydrogen-bond acceptors (Lipinski definition) is 5. The highest BCUT2D eigenvalue weighted by atomic mass is 32.2. The fourth-order valence-electron chi connectivity index (χ4n) is 4.32. The number of alkyl halides is 3. The van der Waals surface area contributed by atoms with Crippen LogP contribution in [0.1, 0.15) is 35.6 Å². The summed E-state index contributed by atoms with van der Waals surface area (Å²) in [6, 6.07) is 7.02. The zero-order valence-corrected chi connectivity index (χ0v) is 18.8. The molecule has 0 saturated carbocycles. The topological polar surface area (TPSA) is 119 Å². The number of nitrogens with zero attached hydrogens (tertiary/aromatic N) is 3. The first-order chi connectivity index (χ1) is 16.5. The van der Waals surface area contributed by atoms with Crippen LogP contribution in [0.5, 0.6) is 0 Å². The van der Waals surface area contributed by atoms with Crippen LogP contribution in [0.25, 0.3) is 0 Å². The smallest absolute Gasteiger partial charge is 0.416 e. The fourth-order valence-corrected chi connectivity index (χ4v) is 5.13. The third kappa shape index (κ3) is 4.08. The molecule has 0 aromatic heterocycles. The SMILES string of the molecule is CS(=O)c1cc(C#N)ccc1C1C2=C(CCC2=O)N(c2cccc(C(F)(F)F)c2)C(=O)N1C(=O)O. The molecule has 2 atom stereocenters. The van der Waals surface area contributed by atoms with Crippen molar-refractivity contribution in [1.29, 1.82) is 5.26 Å². The molecule has 2 aromatic rings. The van der Waals surface area contributed by atoms with Crippen molar-refractivity contribution in [3.05, 3.63) is 70.4 Å². The summed E-state index contributed by atoms with van der Waals surface area (Å²) in [4.78, 5) is 39.9. The second kappa shape index (κ2) is 8.66. The minimum Gasteiger partial charge on any atom is -0.465 e. The molecule has 1 heterocycles. The van der Waals surface area contributed by atoms with E-state index in [9.17, 15) is 42.1 Å². The number of anilines is 1. The van der Waals surface area contributed by atoms with Crippen LogP contribution in [-0.2, 0) is 21.8 Å². The summed E-state index contributed by atoms with van der Waals surface area (Å²) < 4.78 is 52.4. The van der Waals surface area contributed by atoms with E-state index in [1.165, 1.54) is 30.5 Å². The van der Waals surface area contributed by atoms with E-state index in [4.69, 9.17) is 0 Å². The van der Waals surface area contributed by atoms with Gasteiger partial charge in [0.15, 0.2) is 5.78 Å². The van der Waals surface area contributed by atoms with Gasteiger partial charge in [-0.15, -0.1) is 0 Å². The third-order valence-corrected chi connectivity index (χ3v) is 6.76. The molecule has 0 radical (unpaired) electrons. The van der Waals surface area contributed by atoms with Crippen LogP contribution in [0.4, 0.5) is 28.4 Å². The number of ketones is 1. The summed E-state index contributed by atoms with van der Waals surface area (Å²) >= 11 is 0. The number of Topliss-reactive ketones (excluding diaryl/α,β-unsaturated/α-hetero) is 1. The minimum atomic E-state index is -4.71. The van der Waals surface area contributed by atoms with Crippen molar-refractivity contribution in [2.75, 3.05) is 11.2 Å². The van der Waals surface area contributed by atoms with E-state index >= 15 is 0 Å². The second-order valence-electron chi connectivity index (χ2n) is 7.82. The maximum atomic E-state index is 13.5. The number of allylic oxidation sites excluding steroid dienone is 1. The highest BCUT2D eigenvalue weighted by Gasteiger charge is 2.49. The number of hydrogen-bond donors (Lipinski definition) is 1. The Morgan fingerprint density at radius 3 is 2.49 bits per heavy atom. The number of rotatable bonds is 3. The highest BCUT2D eigenvalue weighted by Crippen LogP contribution is 2.46.